The Labute approximate surface area is 505 Å². The van der Waals surface area contributed by atoms with Crippen LogP contribution in [-0.4, -0.2) is 20.0 Å². The molecule has 4 heterocycles. The number of para-hydroxylation sites is 4. The molecule has 0 saturated carbocycles. The Morgan fingerprint density at radius 2 is 0.690 bits per heavy atom. The zero-order valence-electron chi connectivity index (χ0n) is 47.2. The molecule has 0 amide bonds. The maximum Gasteiger partial charge on any atom is 0.260 e. The molecule has 4 aliphatic heterocycles. The number of rotatable bonds is 3. The van der Waals surface area contributed by atoms with E-state index in [1.807, 2.05) is 0 Å². The summed E-state index contributed by atoms with van der Waals surface area (Å²) in [6, 6.07) is 102. The fraction of sp³-hybridized carbons (Fsp3) is 0.0370. The van der Waals surface area contributed by atoms with Crippen molar-refractivity contribution < 1.29 is 18.9 Å². The maximum absolute atomic E-state index is 7.48. The Morgan fingerprint density at radius 1 is 0.276 bits per heavy atom. The van der Waals surface area contributed by atoms with Gasteiger partial charge in [0, 0.05) is 22.4 Å². The normalized spacial score (nSPS) is 15.2. The maximum atomic E-state index is 7.48. The third-order valence-electron chi connectivity index (χ3n) is 19.4. The first-order valence-corrected chi connectivity index (χ1v) is 30.3. The lowest BCUT2D eigenvalue weighted by Gasteiger charge is -2.42. The van der Waals surface area contributed by atoms with E-state index in [-0.39, 0.29) is 25.3 Å². The SMILES string of the molecule is c1ccc2c(c1)Oc1cc(-c3ccc4c(c3)-c3ccccc3-c3ccccc3-c3ccccc3-4)cc3c1B2c1cccc(-c2cccc4c2OCC2B4c4ccccc4OC2c2ccc4c(c2)-c2ccccc2-c2ccccc2-c2ccccc2-4)c1O3. The number of benzene rings is 13. The minimum Gasteiger partial charge on any atom is -0.494 e. The van der Waals surface area contributed by atoms with Gasteiger partial charge in [-0.05, 0) is 164 Å². The minimum atomic E-state index is -0.292. The summed E-state index contributed by atoms with van der Waals surface area (Å²) < 4.78 is 29.0. The topological polar surface area (TPSA) is 36.9 Å². The van der Waals surface area contributed by atoms with Crippen LogP contribution in [0.3, 0.4) is 0 Å². The van der Waals surface area contributed by atoms with E-state index < -0.39 is 0 Å². The minimum absolute atomic E-state index is 0.0142. The van der Waals surface area contributed by atoms with Crippen LogP contribution in [0.1, 0.15) is 11.7 Å². The number of hydrogen-bond acceptors (Lipinski definition) is 4. The smallest absolute Gasteiger partial charge is 0.260 e. The van der Waals surface area contributed by atoms with Crippen molar-refractivity contribution in [3.05, 3.63) is 285 Å². The molecule has 0 saturated heterocycles. The molecule has 2 aliphatic carbocycles. The number of hydrogen-bond donors (Lipinski definition) is 0. The van der Waals surface area contributed by atoms with E-state index in [0.717, 1.165) is 84.2 Å². The summed E-state index contributed by atoms with van der Waals surface area (Å²) in [5.74, 6) is 5.02. The molecule has 0 N–H and O–H groups in total. The fourth-order valence-corrected chi connectivity index (χ4v) is 15.7. The monoisotopic (exact) mass is 1110 g/mol. The number of fused-ring (bicyclic) bond motifs is 25. The molecule has 0 fully saturated rings. The molecule has 6 aliphatic rings. The average molecular weight is 1110 g/mol. The van der Waals surface area contributed by atoms with Gasteiger partial charge in [-0.1, -0.05) is 243 Å². The van der Waals surface area contributed by atoms with E-state index in [4.69, 9.17) is 18.9 Å². The summed E-state index contributed by atoms with van der Waals surface area (Å²) in [4.78, 5) is 0. The van der Waals surface area contributed by atoms with Gasteiger partial charge in [-0.2, -0.15) is 0 Å². The Bertz CT molecular complexity index is 5090. The van der Waals surface area contributed by atoms with Crippen LogP contribution >= 0.6 is 0 Å². The number of ether oxygens (including phenoxy) is 4. The van der Waals surface area contributed by atoms with Crippen LogP contribution in [0.4, 0.5) is 0 Å². The van der Waals surface area contributed by atoms with Gasteiger partial charge in [0.1, 0.15) is 40.6 Å². The van der Waals surface area contributed by atoms with Gasteiger partial charge >= 0.3 is 0 Å². The molecule has 6 heteroatoms. The van der Waals surface area contributed by atoms with Crippen molar-refractivity contribution in [2.75, 3.05) is 6.61 Å². The van der Waals surface area contributed by atoms with Crippen LogP contribution < -0.4 is 46.3 Å². The predicted octanol–water partition coefficient (Wildman–Crippen LogP) is 17.2. The van der Waals surface area contributed by atoms with Gasteiger partial charge < -0.3 is 18.9 Å². The third-order valence-corrected chi connectivity index (χ3v) is 19.4. The Kier molecular flexibility index (Phi) is 10.5. The summed E-state index contributed by atoms with van der Waals surface area (Å²) in [5.41, 5.74) is 30.2. The highest BCUT2D eigenvalue weighted by molar-refractivity contribution is 6.98. The second kappa shape index (κ2) is 18.8. The van der Waals surface area contributed by atoms with Crippen molar-refractivity contribution in [3.8, 4) is 146 Å². The van der Waals surface area contributed by atoms with Crippen molar-refractivity contribution in [1.29, 1.82) is 0 Å². The van der Waals surface area contributed by atoms with Gasteiger partial charge in [-0.15, -0.1) is 0 Å². The van der Waals surface area contributed by atoms with Crippen molar-refractivity contribution >= 4 is 40.7 Å². The van der Waals surface area contributed by atoms with Crippen LogP contribution in [0.2, 0.25) is 5.82 Å². The molecule has 13 aromatic rings. The van der Waals surface area contributed by atoms with Crippen LogP contribution in [0.25, 0.3) is 111 Å². The lowest BCUT2D eigenvalue weighted by atomic mass is 9.30. The Balaban J connectivity index is 0.735. The van der Waals surface area contributed by atoms with Gasteiger partial charge in [0.05, 0.1) is 6.61 Å². The zero-order chi connectivity index (χ0) is 56.8. The molecular weight excluding hydrogens is 1060 g/mol. The summed E-state index contributed by atoms with van der Waals surface area (Å²) in [6.45, 7) is 0.310. The second-order valence-electron chi connectivity index (χ2n) is 23.9. The van der Waals surface area contributed by atoms with Crippen LogP contribution in [0, 0.1) is 0 Å². The standard InChI is InChI=1S/C81H50B2O4/c1-3-21-53-51(19-1)55-23-5-7-27-59(55)63-41-39-48(43-67(63)61-29-11-9-25-57(53)61)50-45-76-78-77(46-50)87-81-66(32-18-36-72(81)83(78)70-34-14-15-37-74(70)85-76)65-31-17-35-71-80(65)84-47-73-79(86-75-38-16-13-33-69(75)82(71)73)49-40-42-64-60-28-8-6-24-56(60)52-20-2-4-22-54(52)58-26-10-12-30-62(58)68(64)44-49/h1-46,73,79H,47H2. The first kappa shape index (κ1) is 48.6. The van der Waals surface area contributed by atoms with Crippen molar-refractivity contribution in [3.63, 3.8) is 0 Å². The molecule has 0 radical (unpaired) electrons. The van der Waals surface area contributed by atoms with Crippen LogP contribution in [0.15, 0.2) is 279 Å². The predicted molar refractivity (Wildman–Crippen MR) is 356 cm³/mol. The Hall–Kier alpha value is -10.8. The van der Waals surface area contributed by atoms with Crippen molar-refractivity contribution in [2.24, 2.45) is 0 Å². The average Bonchev–Trinajstić information content (AvgIpc) is 1.06. The lowest BCUT2D eigenvalue weighted by Crippen LogP contribution is -2.57. The second-order valence-corrected chi connectivity index (χ2v) is 23.9. The van der Waals surface area contributed by atoms with E-state index in [0.29, 0.717) is 6.61 Å². The largest absolute Gasteiger partial charge is 0.494 e. The fourth-order valence-electron chi connectivity index (χ4n) is 15.7. The van der Waals surface area contributed by atoms with Gasteiger partial charge in [0.15, 0.2) is 0 Å². The molecule has 4 nitrogen and oxygen atoms in total. The van der Waals surface area contributed by atoms with E-state index in [1.54, 1.807) is 0 Å². The van der Waals surface area contributed by atoms with Crippen molar-refractivity contribution in [1.82, 2.24) is 0 Å². The van der Waals surface area contributed by atoms with Crippen LogP contribution in [-0.2, 0) is 0 Å². The van der Waals surface area contributed by atoms with E-state index in [2.05, 4.69) is 279 Å². The van der Waals surface area contributed by atoms with Gasteiger partial charge in [0.25, 0.3) is 6.71 Å². The molecule has 2 atom stereocenters. The highest BCUT2D eigenvalue weighted by Crippen LogP contribution is 2.53. The van der Waals surface area contributed by atoms with Gasteiger partial charge in [0.2, 0.25) is 6.71 Å². The molecule has 19 rings (SSSR count). The molecule has 0 spiro atoms. The third kappa shape index (κ3) is 7.22. The molecular formula is C81H50B2O4. The summed E-state index contributed by atoms with van der Waals surface area (Å²) in [7, 11) is 0. The molecule has 0 aromatic heterocycles. The summed E-state index contributed by atoms with van der Waals surface area (Å²) in [5, 5.41) is 0. The van der Waals surface area contributed by atoms with E-state index in [1.165, 1.54) is 94.5 Å². The van der Waals surface area contributed by atoms with Gasteiger partial charge in [-0.25, -0.2) is 0 Å². The molecule has 13 aromatic carbocycles. The van der Waals surface area contributed by atoms with Crippen LogP contribution in [0.5, 0.6) is 34.5 Å². The highest BCUT2D eigenvalue weighted by Gasteiger charge is 2.48. The summed E-state index contributed by atoms with van der Waals surface area (Å²) >= 11 is 0. The molecule has 0 bridgehead atoms. The first-order chi connectivity index (χ1) is 43.2. The first-order valence-electron chi connectivity index (χ1n) is 30.3. The van der Waals surface area contributed by atoms with Crippen molar-refractivity contribution in [2.45, 2.75) is 11.9 Å². The van der Waals surface area contributed by atoms with Gasteiger partial charge in [-0.3, -0.25) is 0 Å². The molecule has 404 valence electrons. The zero-order valence-corrected chi connectivity index (χ0v) is 47.2. The lowest BCUT2D eigenvalue weighted by molar-refractivity contribution is 0.155. The molecule has 87 heavy (non-hydrogen) atoms. The van der Waals surface area contributed by atoms with E-state index in [9.17, 15) is 0 Å². The summed E-state index contributed by atoms with van der Waals surface area (Å²) in [6.07, 6.45) is -0.292. The molecule has 2 unspecified atom stereocenters. The quantitative estimate of drug-likeness (QED) is 0.165. The van der Waals surface area contributed by atoms with E-state index >= 15 is 0 Å². The highest BCUT2D eigenvalue weighted by atomic mass is 16.5. The Morgan fingerprint density at radius 3 is 1.25 bits per heavy atom.